The Balaban J connectivity index is 0.00000155. The number of carbonyl (C=O) groups excluding carboxylic acids is 1. The molecule has 3 aliphatic rings. The summed E-state index contributed by atoms with van der Waals surface area (Å²) < 4.78 is 10.6. The molecule has 5 heterocycles. The van der Waals surface area contributed by atoms with Gasteiger partial charge in [-0.3, -0.25) is 19.4 Å². The molecule has 0 spiro atoms. The minimum atomic E-state index is -0.257. The first-order chi connectivity index (χ1) is 27.1. The smallest absolute Gasteiger partial charge is 0.320 e. The van der Waals surface area contributed by atoms with Gasteiger partial charge in [0.15, 0.2) is 5.65 Å². The second kappa shape index (κ2) is 17.2. The standard InChI is InChI=1S/C42H53N9O2.CH2O2/c1-29-13-8-11-24-49(29)41-46-45-38-21-18-32(28-50(38)41)53-36-20-19-35(33-16-6-7-17-34(33)36)43-40(52)44-39-26-37(42(2,3)4)47-51(39)31-15-12-14-30(25-31)27-48-22-9-5-10-23-48;2-1-3/h6-7,12,14-18,21,25-26,28-29,35-36H,5,8-11,13,19-20,22-24,27H2,1-4H3,(H2,43,44,52);1H,(H,2,3)/t29?,35-,36+;/m0./s1. The second-order valence-corrected chi connectivity index (χ2v) is 16.3. The van der Waals surface area contributed by atoms with Gasteiger partial charge in [-0.05, 0) is 106 Å². The van der Waals surface area contributed by atoms with Crippen molar-refractivity contribution in [3.63, 3.8) is 0 Å². The molecule has 2 aromatic carbocycles. The molecular formula is C43H55N9O4. The monoisotopic (exact) mass is 761 g/mol. The van der Waals surface area contributed by atoms with Gasteiger partial charge in [-0.2, -0.15) is 5.10 Å². The maximum absolute atomic E-state index is 13.8. The lowest BCUT2D eigenvalue weighted by molar-refractivity contribution is -0.122. The number of amides is 2. The van der Waals surface area contributed by atoms with Crippen molar-refractivity contribution in [3.8, 4) is 11.4 Å². The normalized spacial score (nSPS) is 20.1. The topological polar surface area (TPSA) is 142 Å². The first-order valence-corrected chi connectivity index (χ1v) is 20.1. The van der Waals surface area contributed by atoms with Crippen LogP contribution in [0.5, 0.6) is 5.75 Å². The number of urea groups is 1. The van der Waals surface area contributed by atoms with E-state index in [1.165, 1.54) is 31.2 Å². The molecule has 3 N–H and O–H groups in total. The molecule has 296 valence electrons. The van der Waals surface area contributed by atoms with E-state index < -0.39 is 0 Å². The highest BCUT2D eigenvalue weighted by Crippen LogP contribution is 2.39. The van der Waals surface area contributed by atoms with Gasteiger partial charge in [-0.25, -0.2) is 9.48 Å². The van der Waals surface area contributed by atoms with Crippen LogP contribution in [0.2, 0.25) is 0 Å². The number of aromatic nitrogens is 5. The van der Waals surface area contributed by atoms with Crippen LogP contribution in [0.4, 0.5) is 16.6 Å². The Bertz CT molecular complexity index is 2120. The minimum absolute atomic E-state index is 0.147. The molecule has 2 aliphatic heterocycles. The molecule has 3 aromatic heterocycles. The summed E-state index contributed by atoms with van der Waals surface area (Å²) in [7, 11) is 0. The number of anilines is 2. The van der Waals surface area contributed by atoms with Gasteiger partial charge in [0.05, 0.1) is 23.6 Å². The molecule has 13 heteroatoms. The molecule has 1 unspecified atom stereocenters. The maximum Gasteiger partial charge on any atom is 0.320 e. The molecular weight excluding hydrogens is 707 g/mol. The number of benzene rings is 2. The molecule has 3 atom stereocenters. The van der Waals surface area contributed by atoms with Gasteiger partial charge in [0, 0.05) is 30.6 Å². The zero-order valence-corrected chi connectivity index (χ0v) is 33.0. The number of hydrogen-bond donors (Lipinski definition) is 3. The van der Waals surface area contributed by atoms with Gasteiger partial charge in [-0.1, -0.05) is 63.6 Å². The fourth-order valence-electron chi connectivity index (χ4n) is 8.21. The van der Waals surface area contributed by atoms with E-state index in [1.54, 1.807) is 0 Å². The van der Waals surface area contributed by atoms with Gasteiger partial charge in [0.25, 0.3) is 6.47 Å². The molecule has 8 rings (SSSR count). The van der Waals surface area contributed by atoms with Crippen LogP contribution in [-0.4, -0.2) is 72.6 Å². The summed E-state index contributed by atoms with van der Waals surface area (Å²) in [5.41, 5.74) is 5.89. The number of carboxylic acid groups (broad SMARTS) is 1. The van der Waals surface area contributed by atoms with Crippen molar-refractivity contribution in [1.82, 2.24) is 34.6 Å². The van der Waals surface area contributed by atoms with Gasteiger partial charge in [0.1, 0.15) is 17.7 Å². The average Bonchev–Trinajstić information content (AvgIpc) is 3.81. The number of pyridine rings is 1. The van der Waals surface area contributed by atoms with Crippen molar-refractivity contribution in [3.05, 3.63) is 95.3 Å². The summed E-state index contributed by atoms with van der Waals surface area (Å²) >= 11 is 0. The Morgan fingerprint density at radius 3 is 2.45 bits per heavy atom. The first-order valence-electron chi connectivity index (χ1n) is 20.1. The fourth-order valence-corrected chi connectivity index (χ4v) is 8.21. The van der Waals surface area contributed by atoms with Crippen LogP contribution < -0.4 is 20.3 Å². The number of ether oxygens (including phenoxy) is 1. The van der Waals surface area contributed by atoms with E-state index in [1.807, 2.05) is 41.2 Å². The molecule has 5 aromatic rings. The molecule has 0 bridgehead atoms. The van der Waals surface area contributed by atoms with Crippen molar-refractivity contribution in [1.29, 1.82) is 0 Å². The van der Waals surface area contributed by atoms with Crippen LogP contribution >= 0.6 is 0 Å². The van der Waals surface area contributed by atoms with Gasteiger partial charge in [-0.15, -0.1) is 10.2 Å². The first kappa shape index (κ1) is 38.8. The summed E-state index contributed by atoms with van der Waals surface area (Å²) in [4.78, 5) is 27.0. The van der Waals surface area contributed by atoms with Crippen LogP contribution in [-0.2, 0) is 16.8 Å². The molecule has 56 heavy (non-hydrogen) atoms. The van der Waals surface area contributed by atoms with E-state index in [9.17, 15) is 4.79 Å². The molecule has 0 radical (unpaired) electrons. The lowest BCUT2D eigenvalue weighted by Gasteiger charge is -2.33. The lowest BCUT2D eigenvalue weighted by atomic mass is 9.85. The third-order valence-corrected chi connectivity index (χ3v) is 11.2. The Morgan fingerprint density at radius 2 is 1.68 bits per heavy atom. The molecule has 1 aliphatic carbocycles. The third-order valence-electron chi connectivity index (χ3n) is 11.2. The Morgan fingerprint density at radius 1 is 0.911 bits per heavy atom. The van der Waals surface area contributed by atoms with Crippen molar-refractivity contribution >= 4 is 29.9 Å². The number of fused-ring (bicyclic) bond motifs is 2. The number of carbonyl (C=O) groups is 2. The van der Waals surface area contributed by atoms with Crippen LogP contribution in [0.3, 0.4) is 0 Å². The summed E-state index contributed by atoms with van der Waals surface area (Å²) in [6.07, 6.45) is 10.8. The fraction of sp³-hybridized carbons (Fsp3) is 0.465. The van der Waals surface area contributed by atoms with Crippen molar-refractivity contribution < 1.29 is 19.4 Å². The predicted molar refractivity (Wildman–Crippen MR) is 218 cm³/mol. The number of nitrogens with one attached hydrogen (secondary N) is 2. The predicted octanol–water partition coefficient (Wildman–Crippen LogP) is 8.05. The van der Waals surface area contributed by atoms with Crippen molar-refractivity contribution in [2.75, 3.05) is 29.9 Å². The summed E-state index contributed by atoms with van der Waals surface area (Å²) in [6.45, 7) is 12.6. The van der Waals surface area contributed by atoms with E-state index >= 15 is 0 Å². The number of nitrogens with zero attached hydrogens (tertiary/aromatic N) is 7. The zero-order chi connectivity index (χ0) is 39.2. The molecule has 2 amide bonds. The Hall–Kier alpha value is -5.43. The van der Waals surface area contributed by atoms with Crippen molar-refractivity contribution in [2.24, 2.45) is 0 Å². The average molecular weight is 762 g/mol. The van der Waals surface area contributed by atoms with Gasteiger partial charge < -0.3 is 20.1 Å². The van der Waals surface area contributed by atoms with Crippen LogP contribution in [0.1, 0.15) is 114 Å². The Labute approximate surface area is 329 Å². The number of piperidine rings is 2. The van der Waals surface area contributed by atoms with E-state index in [2.05, 4.69) is 99.1 Å². The Kier molecular flexibility index (Phi) is 11.9. The lowest BCUT2D eigenvalue weighted by Crippen LogP contribution is -2.38. The van der Waals surface area contributed by atoms with Crippen LogP contribution in [0.15, 0.2) is 72.9 Å². The highest BCUT2D eigenvalue weighted by atomic mass is 16.5. The van der Waals surface area contributed by atoms with E-state index in [0.29, 0.717) is 11.9 Å². The minimum Gasteiger partial charge on any atom is -0.484 e. The largest absolute Gasteiger partial charge is 0.484 e. The number of rotatable bonds is 8. The van der Waals surface area contributed by atoms with E-state index in [-0.39, 0.29) is 30.1 Å². The number of hydrogen-bond acceptors (Lipinski definition) is 8. The zero-order valence-electron chi connectivity index (χ0n) is 33.0. The van der Waals surface area contributed by atoms with Crippen molar-refractivity contribution in [2.45, 2.75) is 109 Å². The van der Waals surface area contributed by atoms with Gasteiger partial charge in [0.2, 0.25) is 5.95 Å². The number of likely N-dealkylation sites (tertiary alicyclic amines) is 1. The van der Waals surface area contributed by atoms with E-state index in [0.717, 1.165) is 91.7 Å². The van der Waals surface area contributed by atoms with Crippen LogP contribution in [0.25, 0.3) is 11.3 Å². The molecule has 2 saturated heterocycles. The quantitative estimate of drug-likeness (QED) is 0.134. The molecule has 0 saturated carbocycles. The highest BCUT2D eigenvalue weighted by molar-refractivity contribution is 5.89. The third kappa shape index (κ3) is 8.83. The van der Waals surface area contributed by atoms with Crippen LogP contribution in [0, 0.1) is 0 Å². The molecule has 13 nitrogen and oxygen atoms in total. The van der Waals surface area contributed by atoms with E-state index in [4.69, 9.17) is 19.7 Å². The maximum atomic E-state index is 13.8. The summed E-state index contributed by atoms with van der Waals surface area (Å²) in [6, 6.07) is 22.8. The molecule has 2 fully saturated rings. The summed E-state index contributed by atoms with van der Waals surface area (Å²) in [5, 5.41) is 27.4. The SMILES string of the molecule is CC1CCCCN1c1nnc2ccc(O[C@@H]3CC[C@H](NC(=O)Nc4cc(C(C)(C)C)nn4-c4cccc(CN5CCCCC5)c4)c4ccccc43)cn12.O=CO. The summed E-state index contributed by atoms with van der Waals surface area (Å²) in [5.74, 6) is 2.30. The highest BCUT2D eigenvalue weighted by Gasteiger charge is 2.31. The van der Waals surface area contributed by atoms with Gasteiger partial charge >= 0.3 is 6.03 Å². The second-order valence-electron chi connectivity index (χ2n) is 16.3.